The number of fused-ring (bicyclic) bond motifs is 1. The molecule has 0 aliphatic heterocycles. The van der Waals surface area contributed by atoms with E-state index >= 15 is 0 Å². The first-order valence-corrected chi connectivity index (χ1v) is 5.42. The van der Waals surface area contributed by atoms with Crippen molar-refractivity contribution in [3.63, 3.8) is 0 Å². The van der Waals surface area contributed by atoms with Crippen LogP contribution in [-0.4, -0.2) is 10.2 Å². The summed E-state index contributed by atoms with van der Waals surface area (Å²) in [4.78, 5) is 0. The fourth-order valence-corrected chi connectivity index (χ4v) is 1.65. The monoisotopic (exact) mass is 220 g/mol. The van der Waals surface area contributed by atoms with Crippen molar-refractivity contribution in [1.29, 1.82) is 0 Å². The lowest BCUT2D eigenvalue weighted by molar-refractivity contribution is -0.652. The van der Waals surface area contributed by atoms with E-state index in [0.717, 1.165) is 10.9 Å². The maximum atomic E-state index is 9.61. The second-order valence-corrected chi connectivity index (χ2v) is 3.37. The summed E-state index contributed by atoms with van der Waals surface area (Å²) in [7, 11) is 1.72. The average Bonchev–Trinajstić information content (AvgIpc) is 2.36. The lowest BCUT2D eigenvalue weighted by atomic mass is 10.1. The van der Waals surface area contributed by atoms with E-state index in [1.807, 2.05) is 38.1 Å². The number of benzene rings is 1. The Bertz CT molecular complexity index is 460. The molecule has 1 aromatic heterocycles. The molecule has 2 aromatic rings. The molecule has 3 nitrogen and oxygen atoms in total. The van der Waals surface area contributed by atoms with Gasteiger partial charge in [0.1, 0.15) is 7.05 Å². The Morgan fingerprint density at radius 1 is 1.06 bits per heavy atom. The Morgan fingerprint density at radius 2 is 1.62 bits per heavy atom. The largest absolute Gasteiger partial charge is 0.500 e. The first-order valence-electron chi connectivity index (χ1n) is 5.42. The van der Waals surface area contributed by atoms with Gasteiger partial charge in [0.2, 0.25) is 11.3 Å². The third kappa shape index (κ3) is 1.81. The molecule has 0 saturated carbocycles. The van der Waals surface area contributed by atoms with Gasteiger partial charge < -0.3 is 10.2 Å². The van der Waals surface area contributed by atoms with Crippen LogP contribution >= 0.6 is 0 Å². The molecule has 0 radical (unpaired) electrons. The Morgan fingerprint density at radius 3 is 2.25 bits per heavy atom. The fourth-order valence-electron chi connectivity index (χ4n) is 1.65. The number of hydrogen-bond donors (Lipinski definition) is 2. The molecular formula is C13H18NO2+. The number of rotatable bonds is 0. The second kappa shape index (κ2) is 4.84. The van der Waals surface area contributed by atoms with Crippen molar-refractivity contribution in [2.75, 3.05) is 0 Å². The van der Waals surface area contributed by atoms with Crippen LogP contribution < -0.4 is 4.57 Å². The molecule has 16 heavy (non-hydrogen) atoms. The van der Waals surface area contributed by atoms with Gasteiger partial charge in [-0.05, 0) is 13.0 Å². The van der Waals surface area contributed by atoms with Crippen LogP contribution in [-0.2, 0) is 7.05 Å². The minimum atomic E-state index is -0.0961. The van der Waals surface area contributed by atoms with Crippen LogP contribution in [0.5, 0.6) is 11.6 Å². The molecule has 2 rings (SSSR count). The van der Waals surface area contributed by atoms with E-state index in [2.05, 4.69) is 0 Å². The number of pyridine rings is 1. The number of aromatic nitrogens is 1. The summed E-state index contributed by atoms with van der Waals surface area (Å²) in [6.07, 6.45) is 0. The third-order valence-corrected chi connectivity index (χ3v) is 2.55. The highest BCUT2D eigenvalue weighted by atomic mass is 16.3. The van der Waals surface area contributed by atoms with Gasteiger partial charge in [-0.2, -0.15) is 4.57 Å². The number of para-hydroxylation sites is 1. The predicted octanol–water partition coefficient (Wildman–Crippen LogP) is 2.41. The van der Waals surface area contributed by atoms with Crippen molar-refractivity contribution in [3.05, 3.63) is 29.8 Å². The smallest absolute Gasteiger partial charge is 0.409 e. The number of nitrogens with zero attached hydrogens (tertiary/aromatic N) is 1. The summed E-state index contributed by atoms with van der Waals surface area (Å²) in [5, 5.41) is 20.2. The van der Waals surface area contributed by atoms with Crippen molar-refractivity contribution < 1.29 is 14.8 Å². The van der Waals surface area contributed by atoms with Crippen LogP contribution in [0.4, 0.5) is 0 Å². The Kier molecular flexibility index (Phi) is 3.72. The zero-order chi connectivity index (χ0) is 12.3. The maximum Gasteiger partial charge on any atom is 0.409 e. The maximum absolute atomic E-state index is 9.61. The zero-order valence-corrected chi connectivity index (χ0v) is 10.2. The van der Waals surface area contributed by atoms with E-state index in [9.17, 15) is 10.2 Å². The molecule has 2 N–H and O–H groups in total. The van der Waals surface area contributed by atoms with Gasteiger partial charge in [0.05, 0.1) is 5.39 Å². The number of hydrogen-bond acceptors (Lipinski definition) is 2. The van der Waals surface area contributed by atoms with Crippen molar-refractivity contribution in [2.45, 2.75) is 20.8 Å². The van der Waals surface area contributed by atoms with Gasteiger partial charge >= 0.3 is 5.88 Å². The predicted molar refractivity (Wildman–Crippen MR) is 64.5 cm³/mol. The molecule has 0 amide bonds. The SMILES string of the molecule is CC.Cc1c(O)c(O)[n+](C)c2ccccc12. The standard InChI is InChI=1S/C11H11NO2.C2H6/c1-7-8-5-3-4-6-9(8)12(2)11(14)10(7)13;1-2/h3-6,13H,1-2H3;1-2H3/p+1. The van der Waals surface area contributed by atoms with Crippen LogP contribution in [0.3, 0.4) is 0 Å². The first kappa shape index (κ1) is 12.3. The molecule has 3 heteroatoms. The van der Waals surface area contributed by atoms with E-state index in [1.54, 1.807) is 18.5 Å². The second-order valence-electron chi connectivity index (χ2n) is 3.37. The highest BCUT2D eigenvalue weighted by Crippen LogP contribution is 2.29. The minimum Gasteiger partial charge on any atom is -0.500 e. The minimum absolute atomic E-state index is 0.0498. The molecule has 1 aromatic carbocycles. The molecule has 1 heterocycles. The van der Waals surface area contributed by atoms with Gasteiger partial charge in [-0.1, -0.05) is 26.0 Å². The van der Waals surface area contributed by atoms with Gasteiger partial charge in [0, 0.05) is 11.6 Å². The normalized spacial score (nSPS) is 9.75. The topological polar surface area (TPSA) is 44.3 Å². The third-order valence-electron chi connectivity index (χ3n) is 2.55. The van der Waals surface area contributed by atoms with E-state index in [1.165, 1.54) is 0 Å². The lowest BCUT2D eigenvalue weighted by Crippen LogP contribution is -2.29. The fraction of sp³-hybridized carbons (Fsp3) is 0.308. The average molecular weight is 220 g/mol. The van der Waals surface area contributed by atoms with Crippen LogP contribution in [0.2, 0.25) is 0 Å². The van der Waals surface area contributed by atoms with Crippen molar-refractivity contribution in [3.8, 4) is 11.6 Å². The first-order chi connectivity index (χ1) is 7.63. The molecule has 0 aliphatic rings. The quantitative estimate of drug-likeness (QED) is 0.670. The summed E-state index contributed by atoms with van der Waals surface area (Å²) < 4.78 is 1.57. The van der Waals surface area contributed by atoms with E-state index in [0.29, 0.717) is 5.56 Å². The van der Waals surface area contributed by atoms with Crippen LogP contribution in [0, 0.1) is 6.92 Å². The highest BCUT2D eigenvalue weighted by Gasteiger charge is 2.19. The summed E-state index contributed by atoms with van der Waals surface area (Å²) >= 11 is 0. The summed E-state index contributed by atoms with van der Waals surface area (Å²) in [5.74, 6) is -0.146. The van der Waals surface area contributed by atoms with Crippen molar-refractivity contribution >= 4 is 10.9 Å². The van der Waals surface area contributed by atoms with Crippen LogP contribution in [0.1, 0.15) is 19.4 Å². The van der Waals surface area contributed by atoms with Gasteiger partial charge in [-0.15, -0.1) is 0 Å². The van der Waals surface area contributed by atoms with Crippen molar-refractivity contribution in [1.82, 2.24) is 0 Å². The molecule has 0 fully saturated rings. The molecular weight excluding hydrogens is 202 g/mol. The molecule has 0 unspecified atom stereocenters. The molecule has 0 aliphatic carbocycles. The Labute approximate surface area is 95.6 Å². The van der Waals surface area contributed by atoms with Crippen molar-refractivity contribution in [2.24, 2.45) is 7.05 Å². The zero-order valence-electron chi connectivity index (χ0n) is 10.2. The summed E-state index contributed by atoms with van der Waals surface area (Å²) in [6.45, 7) is 5.79. The molecule has 0 atom stereocenters. The summed E-state index contributed by atoms with van der Waals surface area (Å²) in [5.41, 5.74) is 1.61. The number of aryl methyl sites for hydroxylation is 2. The number of aromatic hydroxyl groups is 2. The van der Waals surface area contributed by atoms with Crippen LogP contribution in [0.15, 0.2) is 24.3 Å². The van der Waals surface area contributed by atoms with E-state index in [-0.39, 0.29) is 11.6 Å². The molecule has 0 bridgehead atoms. The van der Waals surface area contributed by atoms with Gasteiger partial charge in [-0.3, -0.25) is 0 Å². The lowest BCUT2D eigenvalue weighted by Gasteiger charge is -2.04. The highest BCUT2D eigenvalue weighted by molar-refractivity contribution is 5.81. The molecule has 86 valence electrons. The van der Waals surface area contributed by atoms with E-state index in [4.69, 9.17) is 0 Å². The van der Waals surface area contributed by atoms with Gasteiger partial charge in [0.15, 0.2) is 0 Å². The summed E-state index contributed by atoms with van der Waals surface area (Å²) in [6, 6.07) is 7.63. The van der Waals surface area contributed by atoms with Gasteiger partial charge in [0.25, 0.3) is 0 Å². The Hall–Kier alpha value is -1.77. The van der Waals surface area contributed by atoms with Gasteiger partial charge in [-0.25, -0.2) is 0 Å². The Balaban J connectivity index is 0.000000606. The molecule has 0 spiro atoms. The van der Waals surface area contributed by atoms with Crippen LogP contribution in [0.25, 0.3) is 10.9 Å². The van der Waals surface area contributed by atoms with E-state index < -0.39 is 0 Å². The molecule has 0 saturated heterocycles.